The minimum absolute atomic E-state index is 0.0890. The summed E-state index contributed by atoms with van der Waals surface area (Å²) in [4.78, 5) is 34.3. The van der Waals surface area contributed by atoms with E-state index in [0.717, 1.165) is 5.56 Å². The molecule has 26 heavy (non-hydrogen) atoms. The number of carbonyl (C=O) groups excluding carboxylic acids is 3. The first-order valence-corrected chi connectivity index (χ1v) is 8.64. The lowest BCUT2D eigenvalue weighted by Crippen LogP contribution is -2.33. The van der Waals surface area contributed by atoms with E-state index in [1.807, 2.05) is 34.6 Å². The number of phenolic OH excluding ortho intramolecular Hbond substituents is 1. The molecule has 0 spiro atoms. The van der Waals surface area contributed by atoms with Crippen LogP contribution in [0, 0.1) is 0 Å². The lowest BCUT2D eigenvalue weighted by atomic mass is 10.1. The molecule has 146 valence electrons. The second-order valence-electron chi connectivity index (χ2n) is 6.41. The number of nitrogens with zero attached hydrogens (tertiary/aromatic N) is 1. The first kappa shape index (κ1) is 23.4. The number of ether oxygens (including phenoxy) is 1. The molecule has 0 radical (unpaired) electrons. The van der Waals surface area contributed by atoms with E-state index < -0.39 is 5.91 Å². The van der Waals surface area contributed by atoms with Crippen LogP contribution < -0.4 is 5.73 Å². The van der Waals surface area contributed by atoms with Crippen molar-refractivity contribution in [1.29, 1.82) is 0 Å². The van der Waals surface area contributed by atoms with Gasteiger partial charge in [-0.1, -0.05) is 20.8 Å². The van der Waals surface area contributed by atoms with Gasteiger partial charge in [0.25, 0.3) is 5.91 Å². The average molecular weight is 366 g/mol. The van der Waals surface area contributed by atoms with Crippen molar-refractivity contribution < 1.29 is 24.2 Å². The Hall–Kier alpha value is -2.57. The molecule has 0 aromatic heterocycles. The van der Waals surface area contributed by atoms with Crippen molar-refractivity contribution in [3.05, 3.63) is 29.3 Å². The van der Waals surface area contributed by atoms with Crippen LogP contribution in [0.2, 0.25) is 0 Å². The number of esters is 1. The number of fused-ring (bicyclic) bond motifs is 1. The number of amides is 2. The van der Waals surface area contributed by atoms with Gasteiger partial charge < -0.3 is 20.5 Å². The summed E-state index contributed by atoms with van der Waals surface area (Å²) in [6, 6.07) is 4.52. The fourth-order valence-electron chi connectivity index (χ4n) is 2.10. The molecule has 0 aliphatic carbocycles. The van der Waals surface area contributed by atoms with Crippen LogP contribution in [0.3, 0.4) is 0 Å². The van der Waals surface area contributed by atoms with E-state index in [2.05, 4.69) is 0 Å². The smallest absolute Gasteiger partial charge is 0.306 e. The molecular weight excluding hydrogens is 336 g/mol. The first-order chi connectivity index (χ1) is 12.0. The van der Waals surface area contributed by atoms with Gasteiger partial charge in [0, 0.05) is 18.5 Å². The van der Waals surface area contributed by atoms with Gasteiger partial charge in [-0.15, -0.1) is 0 Å². The molecule has 0 unspecified atom stereocenters. The third-order valence-corrected chi connectivity index (χ3v) is 3.02. The third kappa shape index (κ3) is 8.00. The number of carbonyl (C=O) groups is 3. The lowest BCUT2D eigenvalue weighted by Gasteiger charge is -2.18. The minimum atomic E-state index is -0.541. The number of hydrogen-bond acceptors (Lipinski definition) is 5. The Kier molecular flexibility index (Phi) is 9.40. The average Bonchev–Trinajstić information content (AvgIpc) is 2.83. The van der Waals surface area contributed by atoms with Crippen LogP contribution in [-0.2, 0) is 20.9 Å². The normalized spacial score (nSPS) is 12.2. The number of rotatable bonds is 3. The molecule has 0 fully saturated rings. The van der Waals surface area contributed by atoms with Gasteiger partial charge in [0.1, 0.15) is 11.4 Å². The van der Waals surface area contributed by atoms with Gasteiger partial charge in [0.15, 0.2) is 0 Å². The third-order valence-electron chi connectivity index (χ3n) is 3.02. The number of phenols is 1. The fourth-order valence-corrected chi connectivity index (χ4v) is 2.10. The van der Waals surface area contributed by atoms with Gasteiger partial charge in [-0.3, -0.25) is 14.4 Å². The highest BCUT2D eigenvalue weighted by atomic mass is 16.6. The number of hydrogen-bond donors (Lipinski definition) is 2. The van der Waals surface area contributed by atoms with Gasteiger partial charge in [-0.25, -0.2) is 0 Å². The van der Waals surface area contributed by atoms with E-state index in [0.29, 0.717) is 18.5 Å². The first-order valence-electron chi connectivity index (χ1n) is 8.64. The van der Waals surface area contributed by atoms with Crippen LogP contribution >= 0.6 is 0 Å². The fraction of sp³-hybridized carbons (Fsp3) is 0.526. The van der Waals surface area contributed by atoms with Gasteiger partial charge in [0.2, 0.25) is 5.91 Å². The van der Waals surface area contributed by atoms with Gasteiger partial charge in [-0.05, 0) is 44.5 Å². The molecule has 0 atom stereocenters. The van der Waals surface area contributed by atoms with Gasteiger partial charge in [0.05, 0.1) is 6.54 Å². The monoisotopic (exact) mass is 366 g/mol. The number of nitrogens with two attached hydrogens (primary N) is 1. The molecule has 7 heteroatoms. The molecular formula is C19H30N2O5. The summed E-state index contributed by atoms with van der Waals surface area (Å²) < 4.78 is 4.95. The maximum absolute atomic E-state index is 11.7. The molecule has 2 amide bonds. The molecule has 0 bridgehead atoms. The Morgan fingerprint density at radius 2 is 1.85 bits per heavy atom. The second kappa shape index (κ2) is 10.4. The van der Waals surface area contributed by atoms with Crippen LogP contribution in [0.5, 0.6) is 5.75 Å². The van der Waals surface area contributed by atoms with Crippen molar-refractivity contribution in [1.82, 2.24) is 4.90 Å². The van der Waals surface area contributed by atoms with Gasteiger partial charge >= 0.3 is 5.97 Å². The van der Waals surface area contributed by atoms with Crippen molar-refractivity contribution in [2.75, 3.05) is 6.54 Å². The van der Waals surface area contributed by atoms with Crippen LogP contribution in [-0.4, -0.2) is 39.9 Å². The molecule has 1 aliphatic heterocycles. The van der Waals surface area contributed by atoms with Crippen molar-refractivity contribution in [3.63, 3.8) is 0 Å². The molecule has 0 saturated heterocycles. The maximum atomic E-state index is 11.7. The Balaban J connectivity index is 0.000000492. The van der Waals surface area contributed by atoms with Crippen molar-refractivity contribution in [2.45, 2.75) is 60.1 Å². The molecule has 1 heterocycles. The highest BCUT2D eigenvalue weighted by molar-refractivity contribution is 6.00. The lowest BCUT2D eigenvalue weighted by molar-refractivity contribution is -0.154. The number of benzene rings is 1. The van der Waals surface area contributed by atoms with E-state index in [4.69, 9.17) is 10.5 Å². The SMILES string of the molecule is CC.CCC(=O)OC(C)(C)C.NC(=O)CN1Cc2cc(O)ccc2C1=O. The van der Waals surface area contributed by atoms with E-state index in [-0.39, 0.29) is 29.8 Å². The zero-order valence-corrected chi connectivity index (χ0v) is 16.5. The quantitative estimate of drug-likeness (QED) is 0.799. The van der Waals surface area contributed by atoms with Crippen LogP contribution in [0.1, 0.15) is 63.9 Å². The highest BCUT2D eigenvalue weighted by Gasteiger charge is 2.28. The summed E-state index contributed by atoms with van der Waals surface area (Å²) in [7, 11) is 0. The standard InChI is InChI=1S/C10H10N2O3.C7H14O2.C2H6/c11-9(14)5-12-4-6-3-7(13)1-2-8(6)10(12)15;1-5-6(8)9-7(2,3)4;1-2/h1-3,13H,4-5H2,(H2,11,14);5H2,1-4H3;1-2H3. The highest BCUT2D eigenvalue weighted by Crippen LogP contribution is 2.25. The summed E-state index contributed by atoms with van der Waals surface area (Å²) in [6.07, 6.45) is 0.456. The van der Waals surface area contributed by atoms with Crippen molar-refractivity contribution in [3.8, 4) is 5.75 Å². The summed E-state index contributed by atoms with van der Waals surface area (Å²) in [5.41, 5.74) is 5.94. The zero-order valence-electron chi connectivity index (χ0n) is 16.5. The maximum Gasteiger partial charge on any atom is 0.306 e. The van der Waals surface area contributed by atoms with Crippen LogP contribution in [0.4, 0.5) is 0 Å². The Morgan fingerprint density at radius 1 is 1.27 bits per heavy atom. The summed E-state index contributed by atoms with van der Waals surface area (Å²) >= 11 is 0. The van der Waals surface area contributed by atoms with E-state index in [1.54, 1.807) is 13.0 Å². The molecule has 2 rings (SSSR count). The Bertz CT molecular complexity index is 635. The van der Waals surface area contributed by atoms with Gasteiger partial charge in [-0.2, -0.15) is 0 Å². The number of primary amides is 1. The van der Waals surface area contributed by atoms with Crippen LogP contribution in [0.15, 0.2) is 18.2 Å². The molecule has 1 aromatic rings. The van der Waals surface area contributed by atoms with E-state index >= 15 is 0 Å². The van der Waals surface area contributed by atoms with Crippen LogP contribution in [0.25, 0.3) is 0 Å². The summed E-state index contributed by atoms with van der Waals surface area (Å²) in [5.74, 6) is -0.783. The second-order valence-corrected chi connectivity index (χ2v) is 6.41. The van der Waals surface area contributed by atoms with Crippen molar-refractivity contribution in [2.24, 2.45) is 5.73 Å². The number of aromatic hydroxyl groups is 1. The predicted molar refractivity (Wildman–Crippen MR) is 99.5 cm³/mol. The molecule has 1 aromatic carbocycles. The van der Waals surface area contributed by atoms with E-state index in [1.165, 1.54) is 17.0 Å². The predicted octanol–water partition coefficient (Wildman–Crippen LogP) is 2.60. The zero-order chi connectivity index (χ0) is 20.5. The van der Waals surface area contributed by atoms with Crippen molar-refractivity contribution >= 4 is 17.8 Å². The molecule has 3 N–H and O–H groups in total. The molecule has 1 aliphatic rings. The van der Waals surface area contributed by atoms with E-state index in [9.17, 15) is 19.5 Å². The largest absolute Gasteiger partial charge is 0.508 e. The topological polar surface area (TPSA) is 110 Å². The minimum Gasteiger partial charge on any atom is -0.508 e. The molecule has 7 nitrogen and oxygen atoms in total. The molecule has 0 saturated carbocycles. The summed E-state index contributed by atoms with van der Waals surface area (Å²) in [6.45, 7) is 11.6. The Labute approximate surface area is 155 Å². The summed E-state index contributed by atoms with van der Waals surface area (Å²) in [5, 5.41) is 9.23. The Morgan fingerprint density at radius 3 is 2.27 bits per heavy atom.